The first-order valence-corrected chi connectivity index (χ1v) is 16.8. The van der Waals surface area contributed by atoms with E-state index in [4.69, 9.17) is 23.2 Å². The first kappa shape index (κ1) is 28.3. The molecule has 3 nitrogen and oxygen atoms in total. The lowest BCUT2D eigenvalue weighted by Crippen LogP contribution is -2.66. The molecule has 0 saturated heterocycles. The van der Waals surface area contributed by atoms with Gasteiger partial charge in [-0.05, 0) is 128 Å². The van der Waals surface area contributed by atoms with E-state index < -0.39 is 11.4 Å². The van der Waals surface area contributed by atoms with Crippen molar-refractivity contribution in [1.29, 1.82) is 0 Å². The summed E-state index contributed by atoms with van der Waals surface area (Å²) in [5.74, 6) is 1.60. The fourth-order valence-electron chi connectivity index (χ4n) is 12.9. The highest BCUT2D eigenvalue weighted by Gasteiger charge is 2.72. The summed E-state index contributed by atoms with van der Waals surface area (Å²) in [5, 5.41) is 13.3. The zero-order valence-corrected chi connectivity index (χ0v) is 27.2. The standard InChI is InChI=1S/C36H47Cl2NO2/c1-19(2)21-10-13-36(31(40)41)15-14-34(6)24(28(21)36)8-9-27-33(5)18-23-22-16-20(37)17-25(38)29(22)39-30(23)32(3,4)26(33)11-12-35(27,34)7/h16-17,21,24,26-28,39H,1,8-15,18H2,2-7H3,(H,40,41)/t21?,24?,26?,27?,28?,33-,34+,35+,36-/m0/s1. The van der Waals surface area contributed by atoms with E-state index in [0.717, 1.165) is 44.0 Å². The normalized spacial score (nSPS) is 44.3. The summed E-state index contributed by atoms with van der Waals surface area (Å²) in [7, 11) is 0. The molecule has 4 saturated carbocycles. The molecule has 2 N–H and O–H groups in total. The number of halogens is 2. The van der Waals surface area contributed by atoms with E-state index >= 15 is 0 Å². The number of carbonyl (C=O) groups is 1. The minimum Gasteiger partial charge on any atom is -0.481 e. The number of hydrogen-bond donors (Lipinski definition) is 2. The summed E-state index contributed by atoms with van der Waals surface area (Å²) in [4.78, 5) is 16.8. The number of benzene rings is 1. The maximum atomic E-state index is 13.0. The van der Waals surface area contributed by atoms with Crippen LogP contribution in [0.2, 0.25) is 10.0 Å². The third-order valence-corrected chi connectivity index (χ3v) is 15.3. The number of hydrogen-bond acceptors (Lipinski definition) is 1. The summed E-state index contributed by atoms with van der Waals surface area (Å²) in [5.41, 5.74) is 4.86. The first-order chi connectivity index (χ1) is 19.1. The Morgan fingerprint density at radius 1 is 0.951 bits per heavy atom. The second kappa shape index (κ2) is 8.59. The van der Waals surface area contributed by atoms with Crippen molar-refractivity contribution in [2.45, 2.75) is 105 Å². The molecule has 1 aromatic heterocycles. The first-order valence-electron chi connectivity index (χ1n) is 16.0. The average molecular weight is 597 g/mol. The predicted octanol–water partition coefficient (Wildman–Crippen LogP) is 10.2. The van der Waals surface area contributed by atoms with Crippen LogP contribution in [0.1, 0.15) is 104 Å². The Hall–Kier alpha value is -1.45. The number of carboxylic acids is 1. The van der Waals surface area contributed by atoms with Crippen LogP contribution in [0.15, 0.2) is 24.3 Å². The Balaban J connectivity index is 1.34. The largest absolute Gasteiger partial charge is 0.481 e. The molecule has 0 radical (unpaired) electrons. The van der Waals surface area contributed by atoms with Gasteiger partial charge in [0.15, 0.2) is 0 Å². The Bertz CT molecular complexity index is 1490. The number of aromatic nitrogens is 1. The van der Waals surface area contributed by atoms with Crippen molar-refractivity contribution >= 4 is 40.1 Å². The molecule has 1 heterocycles. The van der Waals surface area contributed by atoms with Gasteiger partial charge in [-0.3, -0.25) is 4.79 Å². The quantitative estimate of drug-likeness (QED) is 0.339. The molecule has 41 heavy (non-hydrogen) atoms. The van der Waals surface area contributed by atoms with E-state index in [1.54, 1.807) is 0 Å². The van der Waals surface area contributed by atoms with Gasteiger partial charge in [-0.1, -0.05) is 70.0 Å². The molecular formula is C36H47Cl2NO2. The predicted molar refractivity (Wildman–Crippen MR) is 169 cm³/mol. The molecule has 2 aromatic rings. The van der Waals surface area contributed by atoms with Crippen molar-refractivity contribution in [1.82, 2.24) is 4.98 Å². The molecular weight excluding hydrogens is 549 g/mol. The smallest absolute Gasteiger partial charge is 0.309 e. The number of rotatable bonds is 2. The number of fused-ring (bicyclic) bond motifs is 10. The summed E-state index contributed by atoms with van der Waals surface area (Å²) >= 11 is 13.3. The molecule has 0 amide bonds. The highest BCUT2D eigenvalue weighted by molar-refractivity contribution is 6.38. The molecule has 5 aliphatic carbocycles. The van der Waals surface area contributed by atoms with Crippen LogP contribution in [0, 0.1) is 51.2 Å². The molecule has 0 spiro atoms. The minimum absolute atomic E-state index is 0.00221. The maximum absolute atomic E-state index is 13.0. The van der Waals surface area contributed by atoms with Gasteiger partial charge < -0.3 is 10.1 Å². The van der Waals surface area contributed by atoms with Gasteiger partial charge in [0, 0.05) is 21.5 Å². The van der Waals surface area contributed by atoms with Crippen molar-refractivity contribution < 1.29 is 9.90 Å². The second-order valence-electron chi connectivity index (χ2n) is 16.3. The molecule has 5 unspecified atom stereocenters. The highest BCUT2D eigenvalue weighted by Crippen LogP contribution is 2.77. The fourth-order valence-corrected chi connectivity index (χ4v) is 13.4. The van der Waals surface area contributed by atoms with Crippen molar-refractivity contribution in [3.8, 4) is 0 Å². The Labute approximate surface area is 255 Å². The molecule has 9 atom stereocenters. The van der Waals surface area contributed by atoms with E-state index in [1.807, 2.05) is 6.07 Å². The van der Waals surface area contributed by atoms with Crippen molar-refractivity contribution in [2.75, 3.05) is 0 Å². The van der Waals surface area contributed by atoms with Crippen LogP contribution in [-0.4, -0.2) is 16.1 Å². The van der Waals surface area contributed by atoms with Gasteiger partial charge in [0.1, 0.15) is 0 Å². The SMILES string of the molecule is C=C(C)C1CC[C@]2(C(=O)O)CC[C@]3(C)C(CCC4[C@@]5(C)Cc6c([nH]c7c(Cl)cc(Cl)cc67)C(C)(C)C5CC[C@]43C)C12. The number of aliphatic carboxylic acids is 1. The molecule has 0 aliphatic heterocycles. The maximum Gasteiger partial charge on any atom is 0.309 e. The molecule has 222 valence electrons. The van der Waals surface area contributed by atoms with Gasteiger partial charge in [0.25, 0.3) is 0 Å². The van der Waals surface area contributed by atoms with Crippen molar-refractivity contribution in [2.24, 2.45) is 51.2 Å². The third-order valence-electron chi connectivity index (χ3n) is 14.8. The monoisotopic (exact) mass is 595 g/mol. The van der Waals surface area contributed by atoms with Crippen LogP contribution in [-0.2, 0) is 16.6 Å². The Kier molecular flexibility index (Phi) is 5.93. The summed E-state index contributed by atoms with van der Waals surface area (Å²) in [6.07, 6.45) is 9.47. The number of allylic oxidation sites excluding steroid dienone is 1. The second-order valence-corrected chi connectivity index (χ2v) is 17.2. The minimum atomic E-state index is -0.567. The van der Waals surface area contributed by atoms with E-state index in [2.05, 4.69) is 59.2 Å². The van der Waals surface area contributed by atoms with Gasteiger partial charge in [-0.25, -0.2) is 0 Å². The number of carboxylic acid groups (broad SMARTS) is 1. The zero-order valence-electron chi connectivity index (χ0n) is 25.7. The number of nitrogens with one attached hydrogen (secondary N) is 1. The van der Waals surface area contributed by atoms with Gasteiger partial charge in [-0.2, -0.15) is 0 Å². The van der Waals surface area contributed by atoms with Gasteiger partial charge in [0.05, 0.1) is 16.0 Å². The van der Waals surface area contributed by atoms with Crippen LogP contribution in [0.25, 0.3) is 10.9 Å². The molecule has 7 rings (SSSR count). The summed E-state index contributed by atoms with van der Waals surface area (Å²) < 4.78 is 0. The van der Waals surface area contributed by atoms with Gasteiger partial charge >= 0.3 is 5.97 Å². The topological polar surface area (TPSA) is 53.1 Å². The zero-order chi connectivity index (χ0) is 29.5. The average Bonchev–Trinajstić information content (AvgIpc) is 3.45. The third kappa shape index (κ3) is 3.32. The van der Waals surface area contributed by atoms with Crippen LogP contribution in [0.3, 0.4) is 0 Å². The van der Waals surface area contributed by atoms with Crippen LogP contribution < -0.4 is 0 Å². The molecule has 0 bridgehead atoms. The Morgan fingerprint density at radius 3 is 2.37 bits per heavy atom. The molecule has 1 aromatic carbocycles. The van der Waals surface area contributed by atoms with Gasteiger partial charge in [-0.15, -0.1) is 0 Å². The lowest BCUT2D eigenvalue weighted by atomic mass is 9.32. The molecule has 5 aliphatic rings. The lowest BCUT2D eigenvalue weighted by Gasteiger charge is -2.72. The molecule has 4 fully saturated rings. The van der Waals surface area contributed by atoms with Crippen LogP contribution in [0.4, 0.5) is 0 Å². The van der Waals surface area contributed by atoms with E-state index in [-0.39, 0.29) is 27.6 Å². The molecule has 5 heteroatoms. The highest BCUT2D eigenvalue weighted by atomic mass is 35.5. The van der Waals surface area contributed by atoms with Gasteiger partial charge in [0.2, 0.25) is 0 Å². The number of H-pyrrole nitrogens is 1. The fraction of sp³-hybridized carbons (Fsp3) is 0.694. The summed E-state index contributed by atoms with van der Waals surface area (Å²) in [6, 6.07) is 3.97. The van der Waals surface area contributed by atoms with E-state index in [0.29, 0.717) is 33.7 Å². The van der Waals surface area contributed by atoms with Crippen molar-refractivity contribution in [3.05, 3.63) is 45.6 Å². The lowest BCUT2D eigenvalue weighted by molar-refractivity contribution is -0.227. The van der Waals surface area contributed by atoms with Crippen LogP contribution >= 0.6 is 23.2 Å². The number of aromatic amines is 1. The van der Waals surface area contributed by atoms with E-state index in [1.165, 1.54) is 41.5 Å². The van der Waals surface area contributed by atoms with E-state index in [9.17, 15) is 9.90 Å². The van der Waals surface area contributed by atoms with Crippen molar-refractivity contribution in [3.63, 3.8) is 0 Å². The summed E-state index contributed by atoms with van der Waals surface area (Å²) in [6.45, 7) is 19.3. The van der Waals surface area contributed by atoms with Crippen LogP contribution in [0.5, 0.6) is 0 Å². The Morgan fingerprint density at radius 2 is 1.68 bits per heavy atom.